The van der Waals surface area contributed by atoms with Gasteiger partial charge in [-0.05, 0) is 0 Å². The first-order valence-electron chi connectivity index (χ1n) is 13.5. The van der Waals surface area contributed by atoms with Crippen LogP contribution in [-0.2, 0) is 14.2 Å². The summed E-state index contributed by atoms with van der Waals surface area (Å²) in [6.07, 6.45) is 17.2. The molecule has 31 heavy (non-hydrogen) atoms. The monoisotopic (exact) mass is 546 g/mol. The van der Waals surface area contributed by atoms with E-state index in [1.165, 1.54) is 71.1 Å². The summed E-state index contributed by atoms with van der Waals surface area (Å²) in [5, 5.41) is 0. The van der Waals surface area contributed by atoms with Crippen LogP contribution in [0.3, 0.4) is 0 Å². The van der Waals surface area contributed by atoms with Gasteiger partial charge in [0.2, 0.25) is 0 Å². The SMILES string of the molecule is CCCC[C@@](C)(OC)[C@@H](C=[CH][Sn]([CH2]CCC)([CH2]CCC)[CH2]CCC)OC1CCCCO1. The zero-order valence-corrected chi connectivity index (χ0v) is 24.7. The predicted molar refractivity (Wildman–Crippen MR) is 137 cm³/mol. The van der Waals surface area contributed by atoms with Gasteiger partial charge in [0.15, 0.2) is 0 Å². The molecule has 0 aliphatic carbocycles. The van der Waals surface area contributed by atoms with E-state index in [-0.39, 0.29) is 18.0 Å². The third kappa shape index (κ3) is 10.9. The Bertz CT molecular complexity index is 440. The Morgan fingerprint density at radius 3 is 1.97 bits per heavy atom. The molecule has 0 spiro atoms. The van der Waals surface area contributed by atoms with Gasteiger partial charge in [0.1, 0.15) is 0 Å². The second kappa shape index (κ2) is 16.9. The van der Waals surface area contributed by atoms with Crippen molar-refractivity contribution in [3.05, 3.63) is 10.2 Å². The van der Waals surface area contributed by atoms with Crippen LogP contribution in [0.15, 0.2) is 10.2 Å². The van der Waals surface area contributed by atoms with Crippen molar-refractivity contribution in [1.82, 2.24) is 0 Å². The maximum absolute atomic E-state index is 6.65. The van der Waals surface area contributed by atoms with Gasteiger partial charge in [0, 0.05) is 0 Å². The molecular formula is C27H54O3Sn. The van der Waals surface area contributed by atoms with Gasteiger partial charge in [0.25, 0.3) is 0 Å². The molecule has 4 heteroatoms. The summed E-state index contributed by atoms with van der Waals surface area (Å²) in [7, 11) is 1.86. The van der Waals surface area contributed by atoms with Crippen LogP contribution < -0.4 is 0 Å². The number of hydrogen-bond acceptors (Lipinski definition) is 3. The second-order valence-corrected chi connectivity index (χ2v) is 23.0. The molecule has 3 atom stereocenters. The van der Waals surface area contributed by atoms with Gasteiger partial charge in [-0.1, -0.05) is 0 Å². The fourth-order valence-electron chi connectivity index (χ4n) is 4.77. The third-order valence-corrected chi connectivity index (χ3v) is 21.4. The molecule has 184 valence electrons. The molecule has 1 heterocycles. The zero-order chi connectivity index (χ0) is 23.0. The predicted octanol–water partition coefficient (Wildman–Crippen LogP) is 8.44. The van der Waals surface area contributed by atoms with Crippen molar-refractivity contribution in [1.29, 1.82) is 0 Å². The number of unbranched alkanes of at least 4 members (excludes halogenated alkanes) is 4. The van der Waals surface area contributed by atoms with Gasteiger partial charge >= 0.3 is 199 Å². The van der Waals surface area contributed by atoms with E-state index in [4.69, 9.17) is 14.2 Å². The Kier molecular flexibility index (Phi) is 16.1. The summed E-state index contributed by atoms with van der Waals surface area (Å²) in [5.74, 6) is 0. The molecule has 0 bridgehead atoms. The number of hydrogen-bond donors (Lipinski definition) is 0. The molecule has 1 fully saturated rings. The van der Waals surface area contributed by atoms with Crippen molar-refractivity contribution < 1.29 is 14.2 Å². The normalized spacial score (nSPS) is 20.8. The molecule has 0 saturated carbocycles. The van der Waals surface area contributed by atoms with Gasteiger partial charge in [-0.25, -0.2) is 0 Å². The molecule has 1 unspecified atom stereocenters. The maximum atomic E-state index is 6.65. The average molecular weight is 545 g/mol. The first-order chi connectivity index (χ1) is 15.0. The molecule has 1 rings (SSSR count). The Balaban J connectivity index is 3.16. The van der Waals surface area contributed by atoms with Gasteiger partial charge in [-0.15, -0.1) is 0 Å². The van der Waals surface area contributed by atoms with E-state index in [1.54, 1.807) is 0 Å². The summed E-state index contributed by atoms with van der Waals surface area (Å²) in [4.78, 5) is 0. The standard InChI is InChI=1S/C15H27O3.3C4H9.Sn/c1-5-7-11-15(3,16-4)13(6-2)18-14-10-8-9-12-17-14;3*1-3-4-2;/h2,6,13-14H,5,7-12H2,1,3-4H3;3*1,3-4H2,2H3;/t13-,14?,15-;;;;/m1..../s1. The van der Waals surface area contributed by atoms with Gasteiger partial charge in [-0.3, -0.25) is 0 Å². The third-order valence-electron chi connectivity index (χ3n) is 7.24. The summed E-state index contributed by atoms with van der Waals surface area (Å²) < 4.78 is 26.0. The van der Waals surface area contributed by atoms with Crippen LogP contribution in [0.25, 0.3) is 0 Å². The molecule has 1 aliphatic rings. The Hall–Kier alpha value is 0.419. The summed E-state index contributed by atoms with van der Waals surface area (Å²) >= 11 is -2.37. The second-order valence-electron chi connectivity index (χ2n) is 10.0. The summed E-state index contributed by atoms with van der Waals surface area (Å²) in [6.45, 7) is 12.4. The van der Waals surface area contributed by atoms with Crippen LogP contribution in [0.5, 0.6) is 0 Å². The quantitative estimate of drug-likeness (QED) is 0.162. The molecule has 1 saturated heterocycles. The van der Waals surface area contributed by atoms with E-state index < -0.39 is 18.4 Å². The summed E-state index contributed by atoms with van der Waals surface area (Å²) in [5.41, 5.74) is -0.287. The van der Waals surface area contributed by atoms with E-state index in [0.29, 0.717) is 0 Å². The van der Waals surface area contributed by atoms with Crippen LogP contribution in [0.4, 0.5) is 0 Å². The molecular weight excluding hydrogens is 491 g/mol. The summed E-state index contributed by atoms with van der Waals surface area (Å²) in [6, 6.07) is 0. The van der Waals surface area contributed by atoms with E-state index >= 15 is 0 Å². The molecule has 0 aromatic heterocycles. The van der Waals surface area contributed by atoms with Gasteiger partial charge in [-0.2, -0.15) is 0 Å². The van der Waals surface area contributed by atoms with Crippen LogP contribution >= 0.6 is 0 Å². The van der Waals surface area contributed by atoms with Crippen molar-refractivity contribution in [3.8, 4) is 0 Å². The van der Waals surface area contributed by atoms with E-state index in [9.17, 15) is 0 Å². The van der Waals surface area contributed by atoms with Crippen molar-refractivity contribution in [3.63, 3.8) is 0 Å². The fourth-order valence-corrected chi connectivity index (χ4v) is 19.1. The van der Waals surface area contributed by atoms with Crippen LogP contribution in [0, 0.1) is 0 Å². The fraction of sp³-hybridized carbons (Fsp3) is 0.926. The van der Waals surface area contributed by atoms with Crippen molar-refractivity contribution in [2.45, 2.75) is 143 Å². The number of methoxy groups -OCH3 is 1. The first kappa shape index (κ1) is 29.5. The van der Waals surface area contributed by atoms with E-state index in [0.717, 1.165) is 25.9 Å². The molecule has 1 aliphatic heterocycles. The molecule has 0 amide bonds. The van der Waals surface area contributed by atoms with Crippen LogP contribution in [0.2, 0.25) is 13.3 Å². The molecule has 0 radical (unpaired) electrons. The molecule has 0 aromatic carbocycles. The average Bonchev–Trinajstić information content (AvgIpc) is 2.81. The van der Waals surface area contributed by atoms with E-state index in [1.807, 2.05) is 7.11 Å². The van der Waals surface area contributed by atoms with E-state index in [2.05, 4.69) is 44.8 Å². The molecule has 3 nitrogen and oxygen atoms in total. The Morgan fingerprint density at radius 2 is 1.52 bits per heavy atom. The van der Waals surface area contributed by atoms with Crippen LogP contribution in [-0.4, -0.2) is 50.1 Å². The molecule has 0 N–H and O–H groups in total. The Labute approximate surface area is 198 Å². The van der Waals surface area contributed by atoms with Gasteiger partial charge in [0.05, 0.1) is 0 Å². The van der Waals surface area contributed by atoms with Crippen molar-refractivity contribution in [2.75, 3.05) is 13.7 Å². The first-order valence-corrected chi connectivity index (χ1v) is 21.2. The van der Waals surface area contributed by atoms with Crippen molar-refractivity contribution in [2.24, 2.45) is 0 Å². The number of ether oxygens (including phenoxy) is 3. The zero-order valence-electron chi connectivity index (χ0n) is 21.8. The van der Waals surface area contributed by atoms with Gasteiger partial charge < -0.3 is 0 Å². The minimum atomic E-state index is -2.37. The topological polar surface area (TPSA) is 27.7 Å². The minimum absolute atomic E-state index is 0.0203. The van der Waals surface area contributed by atoms with Crippen molar-refractivity contribution >= 4 is 18.4 Å². The Morgan fingerprint density at radius 1 is 0.935 bits per heavy atom. The molecule has 0 aromatic rings. The van der Waals surface area contributed by atoms with Crippen LogP contribution in [0.1, 0.15) is 112 Å². The number of rotatable bonds is 18.